The molecule has 1 aromatic carbocycles. The minimum atomic E-state index is -3.12. The van der Waals surface area contributed by atoms with E-state index in [1.54, 1.807) is 12.1 Å². The Bertz CT molecular complexity index is 659. The van der Waals surface area contributed by atoms with E-state index in [1.165, 1.54) is 24.3 Å². The molecular weight excluding hydrogens is 308 g/mol. The van der Waals surface area contributed by atoms with Crippen molar-refractivity contribution in [2.75, 3.05) is 26.5 Å². The zero-order chi connectivity index (χ0) is 16.3. The van der Waals surface area contributed by atoms with E-state index in [0.29, 0.717) is 18.7 Å². The third kappa shape index (κ3) is 3.82. The topological polar surface area (TPSA) is 95.9 Å². The van der Waals surface area contributed by atoms with Crippen LogP contribution in [0.4, 0.5) is 4.79 Å². The van der Waals surface area contributed by atoms with Crippen LogP contribution in [-0.2, 0) is 16.4 Å². The molecule has 1 heterocycles. The van der Waals surface area contributed by atoms with Crippen molar-refractivity contribution in [3.63, 3.8) is 0 Å². The second-order valence-electron chi connectivity index (χ2n) is 5.35. The summed E-state index contributed by atoms with van der Waals surface area (Å²) in [6.07, 6.45) is 1.67. The zero-order valence-electron chi connectivity index (χ0n) is 12.6. The molecule has 1 aromatic rings. The molecule has 1 fully saturated rings. The molecule has 0 aromatic heterocycles. The first-order chi connectivity index (χ1) is 10.3. The molecule has 0 spiro atoms. The Morgan fingerprint density at radius 1 is 1.50 bits per heavy atom. The number of benzene rings is 1. The fraction of sp³-hybridized carbons (Fsp3) is 0.500. The molecule has 2 amide bonds. The van der Waals surface area contributed by atoms with Gasteiger partial charge in [0.15, 0.2) is 21.3 Å². The molecule has 0 radical (unpaired) electrons. The monoisotopic (exact) mass is 328 g/mol. The number of sulfone groups is 1. The molecule has 1 aliphatic rings. The largest absolute Gasteiger partial charge is 0.504 e. The van der Waals surface area contributed by atoms with Gasteiger partial charge in [-0.1, -0.05) is 6.07 Å². The molecule has 1 aliphatic heterocycles. The number of carbonyl (C=O) groups is 1. The first kappa shape index (κ1) is 16.4. The average Bonchev–Trinajstić information content (AvgIpc) is 2.96. The van der Waals surface area contributed by atoms with Gasteiger partial charge in [0.05, 0.1) is 12.4 Å². The molecule has 122 valence electrons. The number of ether oxygens (including phenoxy) is 1. The summed E-state index contributed by atoms with van der Waals surface area (Å²) in [4.78, 5) is 13.6. The van der Waals surface area contributed by atoms with Crippen molar-refractivity contribution in [2.45, 2.75) is 18.2 Å². The molecule has 1 saturated heterocycles. The van der Waals surface area contributed by atoms with Crippen molar-refractivity contribution in [2.24, 2.45) is 0 Å². The van der Waals surface area contributed by atoms with Crippen molar-refractivity contribution in [1.29, 1.82) is 0 Å². The fourth-order valence-electron chi connectivity index (χ4n) is 2.38. The van der Waals surface area contributed by atoms with Gasteiger partial charge >= 0.3 is 6.03 Å². The van der Waals surface area contributed by atoms with Gasteiger partial charge < -0.3 is 20.1 Å². The fourth-order valence-corrected chi connectivity index (χ4v) is 3.37. The smallest absolute Gasteiger partial charge is 0.317 e. The van der Waals surface area contributed by atoms with E-state index in [4.69, 9.17) is 4.74 Å². The van der Waals surface area contributed by atoms with Crippen molar-refractivity contribution in [1.82, 2.24) is 10.2 Å². The highest BCUT2D eigenvalue weighted by molar-refractivity contribution is 7.91. The normalized spacial score (nSPS) is 18.3. The van der Waals surface area contributed by atoms with Crippen LogP contribution < -0.4 is 10.1 Å². The SMILES string of the molecule is COc1cc(CNC(=O)N2CC[C@@H](S(C)(=O)=O)C2)ccc1O. The van der Waals surface area contributed by atoms with Crippen LogP contribution in [0.25, 0.3) is 0 Å². The van der Waals surface area contributed by atoms with Crippen LogP contribution in [0.5, 0.6) is 11.5 Å². The second kappa shape index (κ2) is 6.43. The number of carbonyl (C=O) groups excluding carboxylic acids is 1. The zero-order valence-corrected chi connectivity index (χ0v) is 13.4. The summed E-state index contributed by atoms with van der Waals surface area (Å²) < 4.78 is 28.0. The van der Waals surface area contributed by atoms with Crippen molar-refractivity contribution in [3.05, 3.63) is 23.8 Å². The molecule has 0 saturated carbocycles. The number of aromatic hydroxyl groups is 1. The van der Waals surface area contributed by atoms with Crippen LogP contribution in [0.3, 0.4) is 0 Å². The third-order valence-electron chi connectivity index (χ3n) is 3.73. The Morgan fingerprint density at radius 3 is 2.82 bits per heavy atom. The lowest BCUT2D eigenvalue weighted by Crippen LogP contribution is -2.39. The van der Waals surface area contributed by atoms with Gasteiger partial charge in [-0.25, -0.2) is 13.2 Å². The molecule has 22 heavy (non-hydrogen) atoms. The van der Waals surface area contributed by atoms with E-state index in [9.17, 15) is 18.3 Å². The van der Waals surface area contributed by atoms with E-state index >= 15 is 0 Å². The molecular formula is C14H20N2O5S. The average molecular weight is 328 g/mol. The Kier molecular flexibility index (Phi) is 4.80. The quantitative estimate of drug-likeness (QED) is 0.849. The van der Waals surface area contributed by atoms with Gasteiger partial charge in [-0.15, -0.1) is 0 Å². The Labute approximate surface area is 129 Å². The maximum absolute atomic E-state index is 12.1. The third-order valence-corrected chi connectivity index (χ3v) is 5.32. The second-order valence-corrected chi connectivity index (χ2v) is 7.68. The Balaban J connectivity index is 1.91. The predicted molar refractivity (Wildman–Crippen MR) is 81.7 cm³/mol. The number of phenolic OH excluding ortho intramolecular Hbond substituents is 1. The molecule has 0 unspecified atom stereocenters. The molecule has 8 heteroatoms. The summed E-state index contributed by atoms with van der Waals surface area (Å²) >= 11 is 0. The molecule has 0 bridgehead atoms. The number of nitrogens with zero attached hydrogens (tertiary/aromatic N) is 1. The number of rotatable bonds is 4. The molecule has 2 rings (SSSR count). The number of methoxy groups -OCH3 is 1. The first-order valence-corrected chi connectivity index (χ1v) is 8.84. The number of hydrogen-bond acceptors (Lipinski definition) is 5. The number of amides is 2. The lowest BCUT2D eigenvalue weighted by molar-refractivity contribution is 0.208. The molecule has 1 atom stereocenters. The first-order valence-electron chi connectivity index (χ1n) is 6.89. The van der Waals surface area contributed by atoms with E-state index in [0.717, 1.165) is 5.56 Å². The number of likely N-dealkylation sites (tertiary alicyclic amines) is 1. The van der Waals surface area contributed by atoms with Crippen LogP contribution in [0.2, 0.25) is 0 Å². The van der Waals surface area contributed by atoms with Gasteiger partial charge in [0.1, 0.15) is 0 Å². The van der Waals surface area contributed by atoms with Crippen molar-refractivity contribution in [3.8, 4) is 11.5 Å². The van der Waals surface area contributed by atoms with Gasteiger partial charge in [-0.05, 0) is 24.1 Å². The molecule has 2 N–H and O–H groups in total. The minimum absolute atomic E-state index is 0.0353. The summed E-state index contributed by atoms with van der Waals surface area (Å²) in [6, 6.07) is 4.52. The van der Waals surface area contributed by atoms with E-state index in [1.807, 2.05) is 0 Å². The van der Waals surface area contributed by atoms with Gasteiger partial charge in [-0.2, -0.15) is 0 Å². The van der Waals surface area contributed by atoms with Crippen LogP contribution in [0.15, 0.2) is 18.2 Å². The number of hydrogen-bond donors (Lipinski definition) is 2. The lowest BCUT2D eigenvalue weighted by Gasteiger charge is -2.17. The maximum atomic E-state index is 12.1. The van der Waals surface area contributed by atoms with Crippen LogP contribution in [0, 0.1) is 0 Å². The summed E-state index contributed by atoms with van der Waals surface area (Å²) in [5, 5.41) is 11.8. The standard InChI is InChI=1S/C14H20N2O5S/c1-21-13-7-10(3-4-12(13)17)8-15-14(18)16-6-5-11(9-16)22(2,19)20/h3-4,7,11,17H,5-6,8-9H2,1-2H3,(H,15,18)/t11-/m1/s1. The summed E-state index contributed by atoms with van der Waals surface area (Å²) in [7, 11) is -1.66. The summed E-state index contributed by atoms with van der Waals surface area (Å²) in [5.41, 5.74) is 0.779. The van der Waals surface area contributed by atoms with Gasteiger partial charge in [0.25, 0.3) is 0 Å². The van der Waals surface area contributed by atoms with Crippen LogP contribution in [0.1, 0.15) is 12.0 Å². The number of phenols is 1. The van der Waals surface area contributed by atoms with E-state index in [2.05, 4.69) is 5.32 Å². The Morgan fingerprint density at radius 2 is 2.23 bits per heavy atom. The van der Waals surface area contributed by atoms with E-state index < -0.39 is 15.1 Å². The lowest BCUT2D eigenvalue weighted by atomic mass is 10.2. The predicted octanol–water partition coefficient (Wildman–Crippen LogP) is 0.729. The summed E-state index contributed by atoms with van der Waals surface area (Å²) in [5.74, 6) is 0.373. The minimum Gasteiger partial charge on any atom is -0.504 e. The maximum Gasteiger partial charge on any atom is 0.317 e. The molecule has 0 aliphatic carbocycles. The van der Waals surface area contributed by atoms with Gasteiger partial charge in [-0.3, -0.25) is 0 Å². The Hall–Kier alpha value is -1.96. The highest BCUT2D eigenvalue weighted by atomic mass is 32.2. The summed E-state index contributed by atoms with van der Waals surface area (Å²) in [6.45, 7) is 0.932. The van der Waals surface area contributed by atoms with Gasteiger partial charge in [0.2, 0.25) is 0 Å². The highest BCUT2D eigenvalue weighted by Crippen LogP contribution is 2.26. The highest BCUT2D eigenvalue weighted by Gasteiger charge is 2.32. The van der Waals surface area contributed by atoms with Crippen molar-refractivity contribution < 1.29 is 23.1 Å². The number of nitrogens with one attached hydrogen (secondary N) is 1. The van der Waals surface area contributed by atoms with Gasteiger partial charge in [0, 0.05) is 25.9 Å². The van der Waals surface area contributed by atoms with Crippen LogP contribution >= 0.6 is 0 Å². The van der Waals surface area contributed by atoms with Crippen LogP contribution in [-0.4, -0.2) is 56.2 Å². The number of urea groups is 1. The molecule has 7 nitrogen and oxygen atoms in total. The van der Waals surface area contributed by atoms with E-state index in [-0.39, 0.29) is 24.9 Å². The van der Waals surface area contributed by atoms with Crippen molar-refractivity contribution >= 4 is 15.9 Å².